The van der Waals surface area contributed by atoms with E-state index >= 15 is 0 Å². The van der Waals surface area contributed by atoms with E-state index in [1.807, 2.05) is 25.1 Å². The van der Waals surface area contributed by atoms with E-state index in [1.165, 1.54) is 39.8 Å². The molecule has 0 aliphatic heterocycles. The number of nitriles is 1. The molecule has 3 aromatic heterocycles. The second kappa shape index (κ2) is 11.9. The smallest absolute Gasteiger partial charge is 0.245 e. The number of aromatic amines is 1. The van der Waals surface area contributed by atoms with Crippen molar-refractivity contribution in [3.05, 3.63) is 119 Å². The van der Waals surface area contributed by atoms with Gasteiger partial charge in [-0.15, -0.1) is 11.3 Å². The number of hydrogen-bond donors (Lipinski definition) is 1. The van der Waals surface area contributed by atoms with Crippen molar-refractivity contribution in [1.29, 1.82) is 5.26 Å². The number of nitrogens with zero attached hydrogens (tertiary/aromatic N) is 6. The zero-order valence-electron chi connectivity index (χ0n) is 25.3. The minimum atomic E-state index is -4.25. The second-order valence-corrected chi connectivity index (χ2v) is 15.9. The van der Waals surface area contributed by atoms with E-state index in [0.717, 1.165) is 5.56 Å². The van der Waals surface area contributed by atoms with Gasteiger partial charge < -0.3 is 0 Å². The van der Waals surface area contributed by atoms with E-state index in [-0.39, 0.29) is 22.1 Å². The van der Waals surface area contributed by atoms with Crippen LogP contribution in [0.2, 0.25) is 0 Å². The summed E-state index contributed by atoms with van der Waals surface area (Å²) in [7, 11) is -7.20. The Balaban J connectivity index is 1.50. The van der Waals surface area contributed by atoms with Gasteiger partial charge in [0, 0.05) is 33.2 Å². The number of aromatic nitrogens is 5. The average Bonchev–Trinajstić information content (AvgIpc) is 3.84. The van der Waals surface area contributed by atoms with Crippen molar-refractivity contribution in [2.75, 3.05) is 6.26 Å². The van der Waals surface area contributed by atoms with Gasteiger partial charge in [0.05, 0.1) is 25.8 Å². The molecule has 0 spiro atoms. The maximum Gasteiger partial charge on any atom is 0.274 e. The quantitative estimate of drug-likeness (QED) is 0.181. The molecule has 0 aliphatic carbocycles. The topological polar surface area (TPSA) is 147 Å². The highest BCUT2D eigenvalue weighted by Gasteiger charge is 2.30. The summed E-state index contributed by atoms with van der Waals surface area (Å²) >= 11 is 1.22. The Morgan fingerprint density at radius 1 is 0.896 bits per heavy atom. The number of H-pyrrole nitrogens is 1. The van der Waals surface area contributed by atoms with Crippen LogP contribution in [0.3, 0.4) is 0 Å². The van der Waals surface area contributed by atoms with Gasteiger partial charge >= 0.3 is 0 Å². The Hall–Kier alpha value is -5.49. The van der Waals surface area contributed by atoms with E-state index in [4.69, 9.17) is 0 Å². The van der Waals surface area contributed by atoms with E-state index in [0.29, 0.717) is 43.0 Å². The zero-order valence-corrected chi connectivity index (χ0v) is 27.8. The molecule has 4 aromatic carbocycles. The van der Waals surface area contributed by atoms with Gasteiger partial charge in [-0.25, -0.2) is 26.1 Å². The van der Waals surface area contributed by atoms with Gasteiger partial charge in [-0.2, -0.15) is 9.62 Å². The Morgan fingerprint density at radius 3 is 2.35 bits per heavy atom. The molecule has 0 radical (unpaired) electrons. The molecule has 7 aromatic rings. The summed E-state index contributed by atoms with van der Waals surface area (Å²) in [6.45, 7) is 1.87. The number of fused-ring (bicyclic) bond motifs is 1. The van der Waals surface area contributed by atoms with Crippen molar-refractivity contribution in [1.82, 2.24) is 24.6 Å². The van der Waals surface area contributed by atoms with E-state index in [9.17, 15) is 22.3 Å². The molecule has 10 nitrogen and oxygen atoms in total. The van der Waals surface area contributed by atoms with Gasteiger partial charge in [-0.1, -0.05) is 53.1 Å². The first kappa shape index (κ1) is 31.1. The summed E-state index contributed by atoms with van der Waals surface area (Å²) in [6, 6.07) is 28.7. The molecule has 0 amide bonds. The summed E-state index contributed by atoms with van der Waals surface area (Å²) in [5.41, 5.74) is 4.23. The first-order valence-electron chi connectivity index (χ1n) is 14.4. The SMILES string of the molecule is Cc1ccc(S(=O)(=O)n2c(-c3cccc(-c4cccc(S(C)(=O)=Nc5nnn[nH]5)c4)c3)c(-c3ccsc3C#N)c3cc(F)ccc32)cc1. The van der Waals surface area contributed by atoms with Gasteiger partial charge in [0.15, 0.2) is 0 Å². The maximum absolute atomic E-state index is 14.9. The molecule has 1 atom stereocenters. The van der Waals surface area contributed by atoms with Gasteiger partial charge in [0.1, 0.15) is 16.8 Å². The lowest BCUT2D eigenvalue weighted by atomic mass is 9.96. The maximum atomic E-state index is 14.9. The standard InChI is InChI=1S/C34H24FN7O3S3/c1-21-9-12-26(13-10-21)48(44,45)42-30-14-11-25(35)19-29(30)32(28-15-16-46-31(28)20-36)33(42)24-7-3-5-22(17-24)23-6-4-8-27(18-23)47(2,43)39-34-37-40-41-38-34/h3-19H,1-2H3,(H,37,38,40,41). The van der Waals surface area contributed by atoms with E-state index in [1.54, 1.807) is 66.0 Å². The van der Waals surface area contributed by atoms with Crippen molar-refractivity contribution in [2.45, 2.75) is 16.7 Å². The van der Waals surface area contributed by atoms with Crippen LogP contribution >= 0.6 is 11.3 Å². The molecular formula is C34H24FN7O3S3. The molecule has 1 N–H and O–H groups in total. The molecule has 48 heavy (non-hydrogen) atoms. The number of hydrogen-bond acceptors (Lipinski definition) is 9. The largest absolute Gasteiger partial charge is 0.274 e. The van der Waals surface area contributed by atoms with Crippen LogP contribution in [0, 0.1) is 24.1 Å². The zero-order chi connectivity index (χ0) is 33.6. The van der Waals surface area contributed by atoms with Crippen LogP contribution in [0.4, 0.5) is 10.3 Å². The van der Waals surface area contributed by atoms with E-state index < -0.39 is 25.6 Å². The highest BCUT2D eigenvalue weighted by Crippen LogP contribution is 2.46. The van der Waals surface area contributed by atoms with Gasteiger partial charge in [0.25, 0.3) is 16.0 Å². The molecule has 0 saturated carbocycles. The number of aryl methyl sites for hydroxylation is 1. The first-order valence-corrected chi connectivity index (χ1v) is 18.6. The predicted molar refractivity (Wildman–Crippen MR) is 183 cm³/mol. The van der Waals surface area contributed by atoms with Gasteiger partial charge in [-0.05, 0) is 88.5 Å². The van der Waals surface area contributed by atoms with Gasteiger partial charge in [0.2, 0.25) is 0 Å². The lowest BCUT2D eigenvalue weighted by Gasteiger charge is -2.15. The van der Waals surface area contributed by atoms with Crippen LogP contribution in [0.25, 0.3) is 44.4 Å². The van der Waals surface area contributed by atoms with Gasteiger partial charge in [-0.3, -0.25) is 0 Å². The number of benzene rings is 4. The fraction of sp³-hybridized carbons (Fsp3) is 0.0588. The minimum absolute atomic E-state index is 0.0339. The number of nitrogens with one attached hydrogen (secondary N) is 1. The Bertz CT molecular complexity index is 2630. The number of tetrazole rings is 1. The molecule has 7 rings (SSSR count). The number of halogens is 1. The monoisotopic (exact) mass is 693 g/mol. The summed E-state index contributed by atoms with van der Waals surface area (Å²) < 4.78 is 63.1. The summed E-state index contributed by atoms with van der Waals surface area (Å²) in [6.07, 6.45) is 1.48. The molecule has 238 valence electrons. The van der Waals surface area contributed by atoms with E-state index in [2.05, 4.69) is 31.1 Å². The number of thiophene rings is 1. The third kappa shape index (κ3) is 5.47. The van der Waals surface area contributed by atoms with Crippen LogP contribution in [0.15, 0.2) is 117 Å². The highest BCUT2D eigenvalue weighted by molar-refractivity contribution is 7.93. The van der Waals surface area contributed by atoms with Crippen LogP contribution < -0.4 is 0 Å². The Kier molecular flexibility index (Phi) is 7.75. The summed E-state index contributed by atoms with van der Waals surface area (Å²) in [4.78, 5) is 0.853. The van der Waals surface area contributed by atoms with Crippen molar-refractivity contribution >= 4 is 47.9 Å². The molecule has 0 saturated heterocycles. The summed E-state index contributed by atoms with van der Waals surface area (Å²) in [5, 5.41) is 25.3. The Labute approximate surface area is 279 Å². The first-order chi connectivity index (χ1) is 23.1. The molecule has 0 bridgehead atoms. The molecule has 14 heteroatoms. The fourth-order valence-corrected chi connectivity index (χ4v) is 9.02. The molecule has 0 fully saturated rings. The molecule has 1 unspecified atom stereocenters. The summed E-state index contributed by atoms with van der Waals surface area (Å²) in [5.74, 6) is -0.513. The van der Waals surface area contributed by atoms with Crippen LogP contribution in [-0.2, 0) is 19.8 Å². The van der Waals surface area contributed by atoms with Crippen LogP contribution in [0.5, 0.6) is 0 Å². The lowest BCUT2D eigenvalue weighted by molar-refractivity contribution is 0.589. The van der Waals surface area contributed by atoms with Crippen LogP contribution in [0.1, 0.15) is 10.4 Å². The average molecular weight is 694 g/mol. The predicted octanol–water partition coefficient (Wildman–Crippen LogP) is 7.56. The molecule has 3 heterocycles. The molecule has 0 aliphatic rings. The minimum Gasteiger partial charge on any atom is -0.245 e. The Morgan fingerprint density at radius 2 is 1.62 bits per heavy atom. The van der Waals surface area contributed by atoms with Crippen molar-refractivity contribution < 1.29 is 17.0 Å². The highest BCUT2D eigenvalue weighted by atomic mass is 32.2. The molecular weight excluding hydrogens is 670 g/mol. The van der Waals surface area contributed by atoms with Crippen LogP contribution in [-0.4, -0.2) is 43.5 Å². The third-order valence-corrected chi connectivity index (χ3v) is 12.0. The third-order valence-electron chi connectivity index (χ3n) is 7.82. The fourth-order valence-electron chi connectivity index (χ4n) is 5.60. The number of rotatable bonds is 7. The van der Waals surface area contributed by atoms with Crippen molar-refractivity contribution in [2.24, 2.45) is 4.36 Å². The van der Waals surface area contributed by atoms with Crippen molar-refractivity contribution in [3.63, 3.8) is 0 Å². The second-order valence-electron chi connectivity index (χ2n) is 11.0. The van der Waals surface area contributed by atoms with Crippen molar-refractivity contribution in [3.8, 4) is 39.6 Å². The lowest BCUT2D eigenvalue weighted by Crippen LogP contribution is -2.14. The normalized spacial score (nSPS) is 12.9.